The van der Waals surface area contributed by atoms with E-state index in [0.29, 0.717) is 37.0 Å². The normalized spacial score (nSPS) is 21.5. The Bertz CT molecular complexity index is 1270. The zero-order valence-electron chi connectivity index (χ0n) is 21.5. The minimum atomic E-state index is -0.108. The van der Waals surface area contributed by atoms with Gasteiger partial charge in [0.25, 0.3) is 5.56 Å². The predicted octanol–water partition coefficient (Wildman–Crippen LogP) is 2.88. The van der Waals surface area contributed by atoms with Crippen molar-refractivity contribution in [3.05, 3.63) is 64.8 Å². The molecule has 3 fully saturated rings. The van der Waals surface area contributed by atoms with Crippen molar-refractivity contribution in [2.45, 2.75) is 37.8 Å². The van der Waals surface area contributed by atoms with Gasteiger partial charge in [-0.25, -0.2) is 15.0 Å². The highest BCUT2D eigenvalue weighted by molar-refractivity contribution is 5.57. The number of ether oxygens (including phenoxy) is 1. The van der Waals surface area contributed by atoms with Crippen LogP contribution in [-0.2, 0) is 11.8 Å². The molecule has 3 aliphatic rings. The third-order valence-corrected chi connectivity index (χ3v) is 8.05. The van der Waals surface area contributed by atoms with E-state index in [0.717, 1.165) is 19.1 Å². The summed E-state index contributed by atoms with van der Waals surface area (Å²) in [5.74, 6) is 0.637. The quantitative estimate of drug-likeness (QED) is 0.528. The SMILES string of the molecule is Cn1c(N2CCOC(c3ccccc3N3CCC(N4CCCC4)CC3)C2)nc(-c2ccncn2)cc1=O. The molecule has 0 saturated carbocycles. The summed E-state index contributed by atoms with van der Waals surface area (Å²) in [4.78, 5) is 33.3. The second kappa shape index (κ2) is 10.6. The van der Waals surface area contributed by atoms with Crippen LogP contribution in [-0.4, -0.2) is 76.3 Å². The van der Waals surface area contributed by atoms with Crippen molar-refractivity contribution >= 4 is 11.6 Å². The number of piperidine rings is 1. The van der Waals surface area contributed by atoms with E-state index in [2.05, 4.69) is 48.9 Å². The van der Waals surface area contributed by atoms with Gasteiger partial charge < -0.3 is 19.4 Å². The van der Waals surface area contributed by atoms with Crippen LogP contribution in [0.3, 0.4) is 0 Å². The molecule has 0 amide bonds. The summed E-state index contributed by atoms with van der Waals surface area (Å²) in [7, 11) is 1.78. The zero-order chi connectivity index (χ0) is 25.2. The van der Waals surface area contributed by atoms with E-state index in [1.54, 1.807) is 23.9 Å². The van der Waals surface area contributed by atoms with Gasteiger partial charge in [-0.05, 0) is 50.9 Å². The van der Waals surface area contributed by atoms with E-state index in [1.165, 1.54) is 62.4 Å². The fourth-order valence-corrected chi connectivity index (χ4v) is 6.03. The third-order valence-electron chi connectivity index (χ3n) is 8.05. The summed E-state index contributed by atoms with van der Waals surface area (Å²) in [6.45, 7) is 6.56. The fraction of sp³-hybridized carbons (Fsp3) is 0.500. The van der Waals surface area contributed by atoms with Crippen LogP contribution in [0, 0.1) is 0 Å². The maximum Gasteiger partial charge on any atom is 0.255 e. The first kappa shape index (κ1) is 24.1. The van der Waals surface area contributed by atoms with Crippen molar-refractivity contribution in [3.8, 4) is 11.4 Å². The molecule has 0 N–H and O–H groups in total. The number of aromatic nitrogens is 4. The molecule has 2 aromatic heterocycles. The van der Waals surface area contributed by atoms with Crippen LogP contribution in [0.25, 0.3) is 11.4 Å². The molecule has 1 aromatic carbocycles. The number of para-hydroxylation sites is 1. The minimum Gasteiger partial charge on any atom is -0.371 e. The smallest absolute Gasteiger partial charge is 0.255 e. The topological polar surface area (TPSA) is 79.6 Å². The largest absolute Gasteiger partial charge is 0.371 e. The summed E-state index contributed by atoms with van der Waals surface area (Å²) in [5, 5.41) is 0. The van der Waals surface area contributed by atoms with Crippen LogP contribution < -0.4 is 15.4 Å². The van der Waals surface area contributed by atoms with Gasteiger partial charge in [0.1, 0.15) is 12.4 Å². The van der Waals surface area contributed by atoms with Crippen LogP contribution in [0.15, 0.2) is 53.7 Å². The number of nitrogens with zero attached hydrogens (tertiary/aromatic N) is 7. The van der Waals surface area contributed by atoms with E-state index in [1.807, 2.05) is 0 Å². The van der Waals surface area contributed by atoms with Crippen LogP contribution in [0.5, 0.6) is 0 Å². The summed E-state index contributed by atoms with van der Waals surface area (Å²) in [6, 6.07) is 12.7. The Morgan fingerprint density at radius 1 is 0.946 bits per heavy atom. The highest BCUT2D eigenvalue weighted by Gasteiger charge is 2.31. The van der Waals surface area contributed by atoms with E-state index in [-0.39, 0.29) is 11.7 Å². The lowest BCUT2D eigenvalue weighted by atomic mass is 9.99. The monoisotopic (exact) mass is 501 g/mol. The second-order valence-electron chi connectivity index (χ2n) is 10.3. The van der Waals surface area contributed by atoms with Crippen molar-refractivity contribution in [1.82, 2.24) is 24.4 Å². The molecular weight excluding hydrogens is 466 g/mol. The van der Waals surface area contributed by atoms with Crippen molar-refractivity contribution in [1.29, 1.82) is 0 Å². The average molecular weight is 502 g/mol. The second-order valence-corrected chi connectivity index (χ2v) is 10.3. The third kappa shape index (κ3) is 4.98. The lowest BCUT2D eigenvalue weighted by Gasteiger charge is -2.40. The van der Waals surface area contributed by atoms with E-state index in [4.69, 9.17) is 9.72 Å². The molecule has 0 spiro atoms. The molecule has 5 heterocycles. The van der Waals surface area contributed by atoms with Crippen LogP contribution in [0.1, 0.15) is 37.4 Å². The Morgan fingerprint density at radius 2 is 1.76 bits per heavy atom. The Balaban J connectivity index is 1.22. The Hall–Kier alpha value is -3.30. The molecule has 3 saturated heterocycles. The van der Waals surface area contributed by atoms with Gasteiger partial charge in [-0.1, -0.05) is 18.2 Å². The number of benzene rings is 1. The van der Waals surface area contributed by atoms with Crippen LogP contribution in [0.4, 0.5) is 11.6 Å². The minimum absolute atomic E-state index is 0.0964. The summed E-state index contributed by atoms with van der Waals surface area (Å²) in [5.41, 5.74) is 3.57. The molecule has 194 valence electrons. The van der Waals surface area contributed by atoms with E-state index < -0.39 is 0 Å². The molecule has 6 rings (SSSR count). The molecule has 3 aliphatic heterocycles. The number of hydrogen-bond donors (Lipinski definition) is 0. The van der Waals surface area contributed by atoms with Gasteiger partial charge in [0.15, 0.2) is 0 Å². The van der Waals surface area contributed by atoms with Gasteiger partial charge in [-0.15, -0.1) is 0 Å². The summed E-state index contributed by atoms with van der Waals surface area (Å²) in [6.07, 6.45) is 8.17. The fourth-order valence-electron chi connectivity index (χ4n) is 6.03. The maximum absolute atomic E-state index is 12.8. The van der Waals surface area contributed by atoms with Gasteiger partial charge >= 0.3 is 0 Å². The predicted molar refractivity (Wildman–Crippen MR) is 144 cm³/mol. The van der Waals surface area contributed by atoms with Crippen molar-refractivity contribution in [2.24, 2.45) is 7.05 Å². The van der Waals surface area contributed by atoms with Gasteiger partial charge in [0.2, 0.25) is 5.95 Å². The summed E-state index contributed by atoms with van der Waals surface area (Å²) >= 11 is 0. The van der Waals surface area contributed by atoms with Gasteiger partial charge in [-0.2, -0.15) is 0 Å². The zero-order valence-corrected chi connectivity index (χ0v) is 21.5. The molecule has 9 nitrogen and oxygen atoms in total. The molecule has 0 aliphatic carbocycles. The first-order valence-corrected chi connectivity index (χ1v) is 13.5. The van der Waals surface area contributed by atoms with Crippen LogP contribution in [0.2, 0.25) is 0 Å². The Morgan fingerprint density at radius 3 is 2.54 bits per heavy atom. The van der Waals surface area contributed by atoms with E-state index in [9.17, 15) is 4.79 Å². The molecule has 9 heteroatoms. The van der Waals surface area contributed by atoms with Crippen molar-refractivity contribution in [3.63, 3.8) is 0 Å². The Kier molecular flexibility index (Phi) is 6.89. The molecular formula is C28H35N7O2. The average Bonchev–Trinajstić information content (AvgIpc) is 3.50. The number of morpholine rings is 1. The maximum atomic E-state index is 12.8. The summed E-state index contributed by atoms with van der Waals surface area (Å²) < 4.78 is 7.94. The lowest BCUT2D eigenvalue weighted by Crippen LogP contribution is -2.45. The van der Waals surface area contributed by atoms with Crippen molar-refractivity contribution < 1.29 is 4.74 Å². The number of rotatable bonds is 5. The highest BCUT2D eigenvalue weighted by atomic mass is 16.5. The van der Waals surface area contributed by atoms with Gasteiger partial charge in [0, 0.05) is 56.2 Å². The molecule has 1 unspecified atom stereocenters. The van der Waals surface area contributed by atoms with Crippen LogP contribution >= 0.6 is 0 Å². The molecule has 0 bridgehead atoms. The van der Waals surface area contributed by atoms with Gasteiger partial charge in [-0.3, -0.25) is 9.36 Å². The molecule has 1 atom stereocenters. The number of anilines is 2. The lowest BCUT2D eigenvalue weighted by molar-refractivity contribution is 0.0392. The Labute approximate surface area is 217 Å². The van der Waals surface area contributed by atoms with E-state index >= 15 is 0 Å². The number of likely N-dealkylation sites (tertiary alicyclic amines) is 1. The highest BCUT2D eigenvalue weighted by Crippen LogP contribution is 2.34. The van der Waals surface area contributed by atoms with Crippen molar-refractivity contribution in [2.75, 3.05) is 55.7 Å². The molecule has 0 radical (unpaired) electrons. The standard InChI is InChI=1S/C28H35N7O2/c1-32-27(36)18-24(23-8-11-29-20-30-23)31-28(32)35-16-17-37-26(19-35)22-6-2-3-7-25(22)34-14-9-21(10-15-34)33-12-4-5-13-33/h2-3,6-8,11,18,20-21,26H,4-5,9-10,12-17,19H2,1H3. The number of hydrogen-bond acceptors (Lipinski definition) is 8. The molecule has 3 aromatic rings. The first-order valence-electron chi connectivity index (χ1n) is 13.5. The molecule has 37 heavy (non-hydrogen) atoms. The first-order chi connectivity index (χ1) is 18.2. The van der Waals surface area contributed by atoms with Gasteiger partial charge in [0.05, 0.1) is 24.5 Å².